The molecule has 3 aromatic rings. The van der Waals surface area contributed by atoms with Crippen LogP contribution in [-0.2, 0) is 26.0 Å². The fourth-order valence-corrected chi connectivity index (χ4v) is 3.32. The Morgan fingerprint density at radius 2 is 2.07 bits per heavy atom. The molecule has 0 fully saturated rings. The van der Waals surface area contributed by atoms with E-state index in [1.807, 2.05) is 0 Å². The molecule has 2 aromatic heterocycles. The van der Waals surface area contributed by atoms with Crippen LogP contribution in [0.1, 0.15) is 46.2 Å². The largest absolute Gasteiger partial charge is 0.484 e. The van der Waals surface area contributed by atoms with E-state index in [0.717, 1.165) is 25.0 Å². The summed E-state index contributed by atoms with van der Waals surface area (Å²) < 4.78 is 23.7. The van der Waals surface area contributed by atoms with Gasteiger partial charge in [0.25, 0.3) is 5.91 Å². The summed E-state index contributed by atoms with van der Waals surface area (Å²) in [6.45, 7) is 0.467. The molecule has 28 heavy (non-hydrogen) atoms. The van der Waals surface area contributed by atoms with E-state index < -0.39 is 0 Å². The van der Waals surface area contributed by atoms with Crippen LogP contribution in [0.2, 0.25) is 0 Å². The smallest absolute Gasteiger partial charge is 0.275 e. The first-order valence-corrected chi connectivity index (χ1v) is 9.23. The van der Waals surface area contributed by atoms with E-state index in [4.69, 9.17) is 9.15 Å². The molecular weight excluding hydrogens is 363 g/mol. The summed E-state index contributed by atoms with van der Waals surface area (Å²) in [5.41, 5.74) is 3.54. The Morgan fingerprint density at radius 1 is 1.29 bits per heavy atom. The number of nitrogens with zero attached hydrogens (tertiary/aromatic N) is 3. The minimum Gasteiger partial charge on any atom is -0.484 e. The highest BCUT2D eigenvalue weighted by Gasteiger charge is 2.22. The predicted molar refractivity (Wildman–Crippen MR) is 98.3 cm³/mol. The van der Waals surface area contributed by atoms with Crippen molar-refractivity contribution in [1.29, 1.82) is 0 Å². The van der Waals surface area contributed by atoms with E-state index in [1.165, 1.54) is 48.2 Å². The number of hydrogen-bond acceptors (Lipinski definition) is 5. The molecule has 1 aliphatic rings. The Hall–Kier alpha value is -3.16. The molecule has 1 aromatic carbocycles. The van der Waals surface area contributed by atoms with Gasteiger partial charge in [0, 0.05) is 12.7 Å². The molecule has 4 rings (SSSR count). The van der Waals surface area contributed by atoms with Gasteiger partial charge >= 0.3 is 0 Å². The SMILES string of the molecule is CN(Cc1n[nH]c2c1CCCC2)C(=O)c1coc(COc2ccc(F)cc2)n1. The van der Waals surface area contributed by atoms with E-state index >= 15 is 0 Å². The standard InChI is InChI=1S/C20H21FN4O3/c1-25(10-17-15-4-2-3-5-16(15)23-24-17)20(26)18-11-28-19(22-18)12-27-14-8-6-13(21)7-9-14/h6-9,11H,2-5,10,12H2,1H3,(H,23,24). The molecule has 0 saturated carbocycles. The number of hydrogen-bond donors (Lipinski definition) is 1. The average Bonchev–Trinajstić information content (AvgIpc) is 3.34. The number of benzene rings is 1. The zero-order valence-electron chi connectivity index (χ0n) is 15.6. The first-order valence-electron chi connectivity index (χ1n) is 9.23. The molecule has 8 heteroatoms. The number of aryl methyl sites for hydroxylation is 1. The van der Waals surface area contributed by atoms with E-state index in [9.17, 15) is 9.18 Å². The van der Waals surface area contributed by atoms with Gasteiger partial charge in [0.05, 0.1) is 12.2 Å². The maximum absolute atomic E-state index is 12.9. The number of rotatable bonds is 6. The van der Waals surface area contributed by atoms with Gasteiger partial charge in [-0.3, -0.25) is 9.89 Å². The molecule has 146 valence electrons. The lowest BCUT2D eigenvalue weighted by Gasteiger charge is -2.16. The van der Waals surface area contributed by atoms with Crippen LogP contribution in [0.15, 0.2) is 34.9 Å². The topological polar surface area (TPSA) is 84.2 Å². The van der Waals surface area contributed by atoms with Crippen LogP contribution < -0.4 is 4.74 Å². The molecule has 0 saturated heterocycles. The zero-order valence-corrected chi connectivity index (χ0v) is 15.6. The molecule has 0 spiro atoms. The quantitative estimate of drug-likeness (QED) is 0.705. The number of halogens is 1. The summed E-state index contributed by atoms with van der Waals surface area (Å²) >= 11 is 0. The van der Waals surface area contributed by atoms with Crippen molar-refractivity contribution in [3.05, 3.63) is 64.9 Å². The molecule has 0 radical (unpaired) electrons. The number of fused-ring (bicyclic) bond motifs is 1. The van der Waals surface area contributed by atoms with Crippen molar-refractivity contribution in [3.8, 4) is 5.75 Å². The summed E-state index contributed by atoms with van der Waals surface area (Å²) in [7, 11) is 1.72. The first-order chi connectivity index (χ1) is 13.6. The minimum atomic E-state index is -0.336. The van der Waals surface area contributed by atoms with Gasteiger partial charge in [-0.25, -0.2) is 9.37 Å². The van der Waals surface area contributed by atoms with Crippen LogP contribution in [0.5, 0.6) is 5.75 Å². The van der Waals surface area contributed by atoms with Crippen LogP contribution in [0, 0.1) is 5.82 Å². The van der Waals surface area contributed by atoms with Crippen molar-refractivity contribution in [2.45, 2.75) is 38.8 Å². The lowest BCUT2D eigenvalue weighted by molar-refractivity contribution is 0.0777. The molecule has 7 nitrogen and oxygen atoms in total. The first kappa shape index (κ1) is 18.2. The molecule has 0 unspecified atom stereocenters. The van der Waals surface area contributed by atoms with Crippen LogP contribution in [-0.4, -0.2) is 33.0 Å². The lowest BCUT2D eigenvalue weighted by Crippen LogP contribution is -2.27. The Kier molecular flexibility index (Phi) is 5.10. The number of H-pyrrole nitrogens is 1. The van der Waals surface area contributed by atoms with Crippen LogP contribution in [0.3, 0.4) is 0 Å². The number of aromatic nitrogens is 3. The maximum atomic E-state index is 12.9. The van der Waals surface area contributed by atoms with Gasteiger partial charge in [-0.2, -0.15) is 5.10 Å². The van der Waals surface area contributed by atoms with Gasteiger partial charge in [0.15, 0.2) is 12.3 Å². The second-order valence-electron chi connectivity index (χ2n) is 6.86. The Morgan fingerprint density at radius 3 is 2.89 bits per heavy atom. The monoisotopic (exact) mass is 384 g/mol. The van der Waals surface area contributed by atoms with E-state index in [0.29, 0.717) is 12.3 Å². The summed E-state index contributed by atoms with van der Waals surface area (Å²) in [6, 6.07) is 5.65. The summed E-state index contributed by atoms with van der Waals surface area (Å²) in [5, 5.41) is 7.47. The highest BCUT2D eigenvalue weighted by atomic mass is 19.1. The molecular formula is C20H21FN4O3. The van der Waals surface area contributed by atoms with E-state index in [1.54, 1.807) is 11.9 Å². The second-order valence-corrected chi connectivity index (χ2v) is 6.86. The predicted octanol–water partition coefficient (Wildman–Crippen LogP) is 3.27. The molecule has 1 aliphatic carbocycles. The number of ether oxygens (including phenoxy) is 1. The molecule has 0 atom stereocenters. The Labute approximate surface area is 161 Å². The lowest BCUT2D eigenvalue weighted by atomic mass is 9.96. The van der Waals surface area contributed by atoms with Crippen molar-refractivity contribution >= 4 is 5.91 Å². The molecule has 1 N–H and O–H groups in total. The summed E-state index contributed by atoms with van der Waals surface area (Å²) in [6.07, 6.45) is 5.66. The summed E-state index contributed by atoms with van der Waals surface area (Å²) in [5.74, 6) is 0.188. The van der Waals surface area contributed by atoms with Gasteiger partial charge in [-0.15, -0.1) is 0 Å². The minimum absolute atomic E-state index is 0.0511. The second kappa shape index (κ2) is 7.84. The Balaban J connectivity index is 1.37. The molecule has 0 aliphatic heterocycles. The van der Waals surface area contributed by atoms with Crippen molar-refractivity contribution < 1.29 is 18.3 Å². The number of amides is 1. The van der Waals surface area contributed by atoms with E-state index in [-0.39, 0.29) is 29.9 Å². The van der Waals surface area contributed by atoms with E-state index in [2.05, 4.69) is 15.2 Å². The van der Waals surface area contributed by atoms with Crippen molar-refractivity contribution in [2.24, 2.45) is 0 Å². The van der Waals surface area contributed by atoms with Crippen LogP contribution in [0.25, 0.3) is 0 Å². The van der Waals surface area contributed by atoms with Gasteiger partial charge in [0.2, 0.25) is 5.89 Å². The van der Waals surface area contributed by atoms with Gasteiger partial charge in [-0.05, 0) is 55.5 Å². The zero-order chi connectivity index (χ0) is 19.5. The van der Waals surface area contributed by atoms with Gasteiger partial charge in [0.1, 0.15) is 17.8 Å². The van der Waals surface area contributed by atoms with Crippen molar-refractivity contribution in [3.63, 3.8) is 0 Å². The fourth-order valence-electron chi connectivity index (χ4n) is 3.32. The average molecular weight is 384 g/mol. The molecule has 1 amide bonds. The highest BCUT2D eigenvalue weighted by molar-refractivity contribution is 5.91. The summed E-state index contributed by atoms with van der Waals surface area (Å²) in [4.78, 5) is 18.4. The van der Waals surface area contributed by atoms with Crippen LogP contribution in [0.4, 0.5) is 4.39 Å². The highest BCUT2D eigenvalue weighted by Crippen LogP contribution is 2.23. The fraction of sp³-hybridized carbons (Fsp3) is 0.350. The Bertz CT molecular complexity index is 964. The number of carbonyl (C=O) groups is 1. The van der Waals surface area contributed by atoms with Crippen molar-refractivity contribution in [1.82, 2.24) is 20.1 Å². The third-order valence-electron chi connectivity index (χ3n) is 4.82. The van der Waals surface area contributed by atoms with Crippen LogP contribution >= 0.6 is 0 Å². The number of carbonyl (C=O) groups excluding carboxylic acids is 1. The number of aromatic amines is 1. The number of nitrogens with one attached hydrogen (secondary N) is 1. The molecule has 0 bridgehead atoms. The van der Waals surface area contributed by atoms with Crippen molar-refractivity contribution in [2.75, 3.05) is 7.05 Å². The third kappa shape index (κ3) is 3.90. The van der Waals surface area contributed by atoms with Gasteiger partial charge in [-0.1, -0.05) is 0 Å². The number of oxazole rings is 1. The van der Waals surface area contributed by atoms with Gasteiger partial charge < -0.3 is 14.1 Å². The normalized spacial score (nSPS) is 13.2. The third-order valence-corrected chi connectivity index (χ3v) is 4.82. The molecule has 2 heterocycles. The maximum Gasteiger partial charge on any atom is 0.275 e.